The van der Waals surface area contributed by atoms with Crippen molar-refractivity contribution in [3.63, 3.8) is 0 Å². The number of hydrogen-bond acceptors (Lipinski definition) is 3. The van der Waals surface area contributed by atoms with E-state index in [1.165, 1.54) is 10.6 Å². The zero-order valence-electron chi connectivity index (χ0n) is 13.0. The monoisotopic (exact) mass is 325 g/mol. The van der Waals surface area contributed by atoms with E-state index in [0.717, 1.165) is 24.8 Å². The molecule has 0 spiro atoms. The average molecular weight is 325 g/mol. The molecule has 2 rings (SSSR count). The lowest BCUT2D eigenvalue weighted by Crippen LogP contribution is -2.42. The molecule has 7 heteroatoms. The highest BCUT2D eigenvalue weighted by atomic mass is 32.2. The van der Waals surface area contributed by atoms with Crippen LogP contribution in [0.5, 0.6) is 0 Å². The summed E-state index contributed by atoms with van der Waals surface area (Å²) >= 11 is 0. The van der Waals surface area contributed by atoms with Crippen LogP contribution in [-0.4, -0.2) is 39.8 Å². The summed E-state index contributed by atoms with van der Waals surface area (Å²) < 4.78 is 25.5. The largest absolute Gasteiger partial charge is 0.336 e. The van der Waals surface area contributed by atoms with Crippen LogP contribution in [0.2, 0.25) is 0 Å². The molecule has 22 heavy (non-hydrogen) atoms. The highest BCUT2D eigenvalue weighted by molar-refractivity contribution is 7.92. The number of sulfonamides is 1. The smallest absolute Gasteiger partial charge is 0.315 e. The molecule has 0 aliphatic heterocycles. The lowest BCUT2D eigenvalue weighted by atomic mass is 10.1. The van der Waals surface area contributed by atoms with Gasteiger partial charge in [-0.2, -0.15) is 0 Å². The van der Waals surface area contributed by atoms with Crippen LogP contribution in [-0.2, 0) is 16.4 Å². The third kappa shape index (κ3) is 4.62. The summed E-state index contributed by atoms with van der Waals surface area (Å²) in [7, 11) is -3.40. The molecule has 2 amide bonds. The minimum absolute atomic E-state index is 0.216. The van der Waals surface area contributed by atoms with E-state index in [1.807, 2.05) is 25.1 Å². The van der Waals surface area contributed by atoms with Gasteiger partial charge in [-0.3, -0.25) is 4.31 Å². The van der Waals surface area contributed by atoms with Crippen LogP contribution >= 0.6 is 0 Å². The van der Waals surface area contributed by atoms with Crippen LogP contribution in [0.4, 0.5) is 10.5 Å². The topological polar surface area (TPSA) is 78.5 Å². The Kier molecular flexibility index (Phi) is 5.28. The molecule has 0 atom stereocenters. The summed E-state index contributed by atoms with van der Waals surface area (Å²) in [5, 5.41) is 5.52. The molecule has 1 fully saturated rings. The molecule has 6 nitrogen and oxygen atoms in total. The Labute approximate surface area is 131 Å². The summed E-state index contributed by atoms with van der Waals surface area (Å²) in [5.41, 5.74) is 1.65. The zero-order valence-corrected chi connectivity index (χ0v) is 13.8. The van der Waals surface area contributed by atoms with E-state index in [9.17, 15) is 13.2 Å². The Morgan fingerprint density at radius 3 is 2.59 bits per heavy atom. The molecule has 0 bridgehead atoms. The van der Waals surface area contributed by atoms with Crippen LogP contribution in [0.1, 0.15) is 25.3 Å². The third-order valence-electron chi connectivity index (χ3n) is 3.55. The first-order valence-electron chi connectivity index (χ1n) is 7.51. The fourth-order valence-electron chi connectivity index (χ4n) is 2.25. The number of nitrogens with zero attached hydrogens (tertiary/aromatic N) is 1. The maximum Gasteiger partial charge on any atom is 0.315 e. The highest BCUT2D eigenvalue weighted by Crippen LogP contribution is 2.23. The number of carbonyl (C=O) groups excluding carboxylic acids is 1. The standard InChI is InChI=1S/C15H23N3O3S/c1-3-12-6-4-5-7-14(12)18(22(2,20)21)11-10-16-15(19)17-13-8-9-13/h4-7,13H,3,8-11H2,1-2H3,(H2,16,17,19). The van der Waals surface area contributed by atoms with Gasteiger partial charge in [0.05, 0.1) is 18.5 Å². The average Bonchev–Trinajstić information content (AvgIpc) is 3.26. The van der Waals surface area contributed by atoms with Crippen molar-refractivity contribution >= 4 is 21.7 Å². The highest BCUT2D eigenvalue weighted by Gasteiger charge is 2.23. The first-order valence-corrected chi connectivity index (χ1v) is 9.36. The second kappa shape index (κ2) is 7.00. The van der Waals surface area contributed by atoms with Crippen molar-refractivity contribution in [2.24, 2.45) is 0 Å². The molecule has 0 radical (unpaired) electrons. The fourth-order valence-corrected chi connectivity index (χ4v) is 3.21. The molecule has 0 aromatic heterocycles. The van der Waals surface area contributed by atoms with Gasteiger partial charge in [-0.15, -0.1) is 0 Å². The van der Waals surface area contributed by atoms with Crippen molar-refractivity contribution in [1.82, 2.24) is 10.6 Å². The zero-order chi connectivity index (χ0) is 16.2. The number of nitrogens with one attached hydrogen (secondary N) is 2. The van der Waals surface area contributed by atoms with Crippen molar-refractivity contribution in [3.05, 3.63) is 29.8 Å². The number of rotatable bonds is 7. The molecule has 0 unspecified atom stereocenters. The second-order valence-corrected chi connectivity index (χ2v) is 7.40. The maximum absolute atomic E-state index is 12.1. The normalized spacial score (nSPS) is 14.5. The van der Waals surface area contributed by atoms with E-state index < -0.39 is 10.0 Å². The van der Waals surface area contributed by atoms with Crippen LogP contribution in [0, 0.1) is 0 Å². The minimum Gasteiger partial charge on any atom is -0.336 e. The van der Waals surface area contributed by atoms with E-state index >= 15 is 0 Å². The molecule has 1 aromatic rings. The summed E-state index contributed by atoms with van der Waals surface area (Å²) in [6, 6.07) is 7.47. The van der Waals surface area contributed by atoms with Crippen molar-refractivity contribution in [1.29, 1.82) is 0 Å². The summed E-state index contributed by atoms with van der Waals surface area (Å²) in [6.45, 7) is 2.47. The van der Waals surface area contributed by atoms with Gasteiger partial charge in [-0.05, 0) is 30.9 Å². The Hall–Kier alpha value is -1.76. The number of hydrogen-bond donors (Lipinski definition) is 2. The Bertz CT molecular complexity index is 627. The minimum atomic E-state index is -3.40. The van der Waals surface area contributed by atoms with Gasteiger partial charge in [0.2, 0.25) is 10.0 Å². The number of carbonyl (C=O) groups is 1. The van der Waals surface area contributed by atoms with Gasteiger partial charge < -0.3 is 10.6 Å². The fraction of sp³-hybridized carbons (Fsp3) is 0.533. The summed E-state index contributed by atoms with van der Waals surface area (Å²) in [6.07, 6.45) is 3.97. The molecular weight excluding hydrogens is 302 g/mol. The van der Waals surface area contributed by atoms with Gasteiger partial charge in [0.15, 0.2) is 0 Å². The quantitative estimate of drug-likeness (QED) is 0.797. The van der Waals surface area contributed by atoms with E-state index in [4.69, 9.17) is 0 Å². The Morgan fingerprint density at radius 1 is 1.32 bits per heavy atom. The van der Waals surface area contributed by atoms with Crippen molar-refractivity contribution in [3.8, 4) is 0 Å². The summed E-state index contributed by atoms with van der Waals surface area (Å²) in [4.78, 5) is 11.6. The number of aryl methyl sites for hydroxylation is 1. The molecule has 1 aliphatic rings. The van der Waals surface area contributed by atoms with E-state index in [-0.39, 0.29) is 25.2 Å². The van der Waals surface area contributed by atoms with Crippen LogP contribution in [0.15, 0.2) is 24.3 Å². The number of amides is 2. The number of benzene rings is 1. The first kappa shape index (κ1) is 16.6. The lowest BCUT2D eigenvalue weighted by Gasteiger charge is -2.24. The molecule has 1 aromatic carbocycles. The van der Waals surface area contributed by atoms with E-state index in [2.05, 4.69) is 10.6 Å². The molecule has 1 saturated carbocycles. The van der Waals surface area contributed by atoms with Crippen LogP contribution in [0.25, 0.3) is 0 Å². The van der Waals surface area contributed by atoms with Gasteiger partial charge >= 0.3 is 6.03 Å². The second-order valence-electron chi connectivity index (χ2n) is 5.49. The Balaban J connectivity index is 2.02. The van der Waals surface area contributed by atoms with E-state index in [0.29, 0.717) is 5.69 Å². The lowest BCUT2D eigenvalue weighted by molar-refractivity contribution is 0.241. The molecular formula is C15H23N3O3S. The van der Waals surface area contributed by atoms with E-state index in [1.54, 1.807) is 6.07 Å². The van der Waals surface area contributed by atoms with Gasteiger partial charge in [-0.1, -0.05) is 25.1 Å². The predicted octanol–water partition coefficient (Wildman–Crippen LogP) is 1.48. The third-order valence-corrected chi connectivity index (χ3v) is 4.73. The Morgan fingerprint density at radius 2 is 2.00 bits per heavy atom. The number of anilines is 1. The molecule has 0 saturated heterocycles. The molecule has 122 valence electrons. The van der Waals surface area contributed by atoms with Gasteiger partial charge in [-0.25, -0.2) is 13.2 Å². The van der Waals surface area contributed by atoms with Gasteiger partial charge in [0, 0.05) is 12.6 Å². The molecule has 0 heterocycles. The van der Waals surface area contributed by atoms with Crippen LogP contribution < -0.4 is 14.9 Å². The maximum atomic E-state index is 12.1. The van der Waals surface area contributed by atoms with Crippen molar-refractivity contribution in [2.75, 3.05) is 23.7 Å². The molecule has 2 N–H and O–H groups in total. The predicted molar refractivity (Wildman–Crippen MR) is 87.6 cm³/mol. The van der Waals surface area contributed by atoms with Gasteiger partial charge in [0.25, 0.3) is 0 Å². The SMILES string of the molecule is CCc1ccccc1N(CCNC(=O)NC1CC1)S(C)(=O)=O. The van der Waals surface area contributed by atoms with Crippen LogP contribution in [0.3, 0.4) is 0 Å². The first-order chi connectivity index (χ1) is 10.4. The van der Waals surface area contributed by atoms with Crippen molar-refractivity contribution in [2.45, 2.75) is 32.2 Å². The number of urea groups is 1. The van der Waals surface area contributed by atoms with Gasteiger partial charge in [0.1, 0.15) is 0 Å². The summed E-state index contributed by atoms with van der Waals surface area (Å²) in [5.74, 6) is 0. The molecule has 1 aliphatic carbocycles. The van der Waals surface area contributed by atoms with Crippen molar-refractivity contribution < 1.29 is 13.2 Å². The number of para-hydroxylation sites is 1.